The van der Waals surface area contributed by atoms with Gasteiger partial charge in [0, 0.05) is 12.1 Å². The largest absolute Gasteiger partial charge is 0.465 e. The molecule has 2 aromatic rings. The fourth-order valence-electron chi connectivity index (χ4n) is 2.43. The lowest BCUT2D eigenvalue weighted by Gasteiger charge is -2.08. The molecule has 1 amide bonds. The average Bonchev–Trinajstić information content (AvgIpc) is 3.12. The lowest BCUT2D eigenvalue weighted by molar-refractivity contribution is -0.110. The Morgan fingerprint density at radius 3 is 2.68 bits per heavy atom. The van der Waals surface area contributed by atoms with Crippen LogP contribution < -0.4 is 5.32 Å². The highest BCUT2D eigenvalue weighted by molar-refractivity contribution is 6.43. The normalized spacial score (nSPS) is 15.9. The number of carbonyl (C=O) groups is 2. The minimum Gasteiger partial charge on any atom is -0.465 e. The number of rotatable bonds is 4. The number of nitrogens with one attached hydrogen (secondary N) is 1. The first-order valence-corrected chi connectivity index (χ1v) is 7.93. The zero-order valence-corrected chi connectivity index (χ0v) is 14.1. The van der Waals surface area contributed by atoms with Crippen LogP contribution in [-0.2, 0) is 14.4 Å². The lowest BCUT2D eigenvalue weighted by atomic mass is 10.0. The van der Waals surface area contributed by atoms with E-state index in [9.17, 15) is 9.59 Å². The van der Waals surface area contributed by atoms with Crippen molar-refractivity contribution in [3.63, 3.8) is 0 Å². The van der Waals surface area contributed by atoms with Gasteiger partial charge in [0.05, 0.1) is 17.7 Å². The summed E-state index contributed by atoms with van der Waals surface area (Å²) in [4.78, 5) is 29.2. The highest BCUT2D eigenvalue weighted by Crippen LogP contribution is 2.28. The molecule has 128 valence electrons. The van der Waals surface area contributed by atoms with Crippen molar-refractivity contribution in [3.8, 4) is 0 Å². The number of benzene rings is 2. The van der Waals surface area contributed by atoms with Crippen LogP contribution >= 0.6 is 11.6 Å². The van der Waals surface area contributed by atoms with Crippen molar-refractivity contribution in [1.82, 2.24) is 0 Å². The monoisotopic (exact) mass is 358 g/mol. The van der Waals surface area contributed by atoms with Crippen molar-refractivity contribution in [3.05, 3.63) is 64.7 Å². The first-order chi connectivity index (χ1) is 12.1. The van der Waals surface area contributed by atoms with Gasteiger partial charge in [0.2, 0.25) is 0 Å². The number of hydrogen-bond donors (Lipinski definition) is 1. The Morgan fingerprint density at radius 1 is 1.24 bits per heavy atom. The summed E-state index contributed by atoms with van der Waals surface area (Å²) >= 11 is 6.04. The Labute approximate surface area is 149 Å². The predicted molar refractivity (Wildman–Crippen MR) is 93.7 cm³/mol. The molecule has 0 bridgehead atoms. The van der Waals surface area contributed by atoms with E-state index in [1.165, 1.54) is 19.2 Å². The number of oxime groups is 1. The van der Waals surface area contributed by atoms with Crippen LogP contribution in [0.2, 0.25) is 5.02 Å². The molecule has 1 unspecified atom stereocenters. The van der Waals surface area contributed by atoms with Crippen LogP contribution in [0.5, 0.6) is 0 Å². The summed E-state index contributed by atoms with van der Waals surface area (Å²) in [6.07, 6.45) is 0.108. The number of anilines is 1. The zero-order chi connectivity index (χ0) is 17.8. The molecule has 1 aliphatic heterocycles. The van der Waals surface area contributed by atoms with E-state index in [1.807, 2.05) is 30.3 Å². The van der Waals surface area contributed by atoms with Crippen LogP contribution in [0, 0.1) is 0 Å². The van der Waals surface area contributed by atoms with Crippen LogP contribution in [-0.4, -0.2) is 24.7 Å². The molecular weight excluding hydrogens is 344 g/mol. The number of halogens is 1. The number of amides is 1. The van der Waals surface area contributed by atoms with E-state index in [4.69, 9.17) is 16.4 Å². The van der Waals surface area contributed by atoms with Crippen LogP contribution in [0.15, 0.2) is 53.7 Å². The first-order valence-electron chi connectivity index (χ1n) is 7.55. The van der Waals surface area contributed by atoms with Crippen molar-refractivity contribution >= 4 is 34.9 Å². The summed E-state index contributed by atoms with van der Waals surface area (Å²) in [5.41, 5.74) is 1.93. The van der Waals surface area contributed by atoms with E-state index in [-0.39, 0.29) is 22.6 Å². The smallest absolute Gasteiger partial charge is 0.339 e. The van der Waals surface area contributed by atoms with E-state index in [0.717, 1.165) is 5.56 Å². The molecule has 1 heterocycles. The molecule has 0 saturated heterocycles. The summed E-state index contributed by atoms with van der Waals surface area (Å²) in [6.45, 7) is 0. The molecule has 0 radical (unpaired) electrons. The van der Waals surface area contributed by atoms with E-state index >= 15 is 0 Å². The molecule has 3 rings (SSSR count). The minimum absolute atomic E-state index is 0.191. The predicted octanol–water partition coefficient (Wildman–Crippen LogP) is 3.58. The van der Waals surface area contributed by atoms with Gasteiger partial charge in [0.15, 0.2) is 6.10 Å². The van der Waals surface area contributed by atoms with E-state index < -0.39 is 5.97 Å². The molecule has 0 spiro atoms. The van der Waals surface area contributed by atoms with Crippen LogP contribution in [0.3, 0.4) is 0 Å². The molecule has 25 heavy (non-hydrogen) atoms. The molecule has 0 aromatic heterocycles. The van der Waals surface area contributed by atoms with Gasteiger partial charge in [-0.3, -0.25) is 4.79 Å². The number of carbonyl (C=O) groups excluding carboxylic acids is 2. The summed E-state index contributed by atoms with van der Waals surface area (Å²) in [7, 11) is 1.27. The molecule has 0 saturated carbocycles. The van der Waals surface area contributed by atoms with Crippen molar-refractivity contribution < 1.29 is 19.2 Å². The molecule has 0 aliphatic carbocycles. The third-order valence-electron chi connectivity index (χ3n) is 3.73. The van der Waals surface area contributed by atoms with Gasteiger partial charge in [-0.2, -0.15) is 0 Å². The Kier molecular flexibility index (Phi) is 5.00. The van der Waals surface area contributed by atoms with Crippen LogP contribution in [0.25, 0.3) is 0 Å². The second-order valence-electron chi connectivity index (χ2n) is 5.39. The van der Waals surface area contributed by atoms with E-state index in [0.29, 0.717) is 17.8 Å². The molecule has 2 aromatic carbocycles. The molecular formula is C18H15ClN2O4. The van der Waals surface area contributed by atoms with E-state index in [1.54, 1.807) is 6.07 Å². The third kappa shape index (κ3) is 3.80. The topological polar surface area (TPSA) is 77.0 Å². The van der Waals surface area contributed by atoms with E-state index in [2.05, 4.69) is 15.2 Å². The molecule has 1 atom stereocenters. The maximum atomic E-state index is 12.3. The van der Waals surface area contributed by atoms with Crippen molar-refractivity contribution in [2.75, 3.05) is 12.4 Å². The summed E-state index contributed by atoms with van der Waals surface area (Å²) in [6, 6.07) is 14.1. The third-order valence-corrected chi connectivity index (χ3v) is 4.05. The van der Waals surface area contributed by atoms with Crippen molar-refractivity contribution in [2.45, 2.75) is 12.5 Å². The fourth-order valence-corrected chi connectivity index (χ4v) is 2.69. The van der Waals surface area contributed by atoms with Gasteiger partial charge >= 0.3 is 5.97 Å². The Hall–Kier alpha value is -2.86. The average molecular weight is 359 g/mol. The van der Waals surface area contributed by atoms with Gasteiger partial charge in [-0.05, 0) is 23.8 Å². The molecule has 7 heteroatoms. The highest BCUT2D eigenvalue weighted by atomic mass is 35.5. The number of hydrogen-bond acceptors (Lipinski definition) is 5. The van der Waals surface area contributed by atoms with Crippen molar-refractivity contribution in [1.29, 1.82) is 0 Å². The fraction of sp³-hybridized carbons (Fsp3) is 0.167. The second kappa shape index (κ2) is 7.36. The van der Waals surface area contributed by atoms with Crippen LogP contribution in [0.1, 0.15) is 28.4 Å². The van der Waals surface area contributed by atoms with Crippen LogP contribution in [0.4, 0.5) is 5.69 Å². The first kappa shape index (κ1) is 17.0. The van der Waals surface area contributed by atoms with Gasteiger partial charge in [0.1, 0.15) is 5.71 Å². The maximum Gasteiger partial charge on any atom is 0.339 e. The summed E-state index contributed by atoms with van der Waals surface area (Å²) in [5.74, 6) is -0.914. The summed E-state index contributed by atoms with van der Waals surface area (Å²) < 4.78 is 4.63. The highest BCUT2D eigenvalue weighted by Gasteiger charge is 2.27. The number of nitrogens with zero attached hydrogens (tertiary/aromatic N) is 1. The van der Waals surface area contributed by atoms with Gasteiger partial charge in [0.25, 0.3) is 5.91 Å². The van der Waals surface area contributed by atoms with Gasteiger partial charge < -0.3 is 14.9 Å². The molecule has 6 nitrogen and oxygen atoms in total. The Bertz CT molecular complexity index is 836. The van der Waals surface area contributed by atoms with Gasteiger partial charge in [-0.25, -0.2) is 4.79 Å². The van der Waals surface area contributed by atoms with Crippen molar-refractivity contribution in [2.24, 2.45) is 5.16 Å². The second-order valence-corrected chi connectivity index (χ2v) is 5.79. The number of ether oxygens (including phenoxy) is 1. The molecule has 1 aliphatic rings. The zero-order valence-electron chi connectivity index (χ0n) is 13.4. The number of esters is 1. The molecule has 0 fully saturated rings. The standard InChI is InChI=1S/C18H15ClN2O4/c1-24-18(23)13-8-7-12(9-14(13)19)20-17(22)15-10-16(25-21-15)11-5-3-2-4-6-11/h2-9,16H,10H2,1H3,(H,20,22). The number of methoxy groups -OCH3 is 1. The minimum atomic E-state index is -0.540. The summed E-state index contributed by atoms with van der Waals surface area (Å²) in [5, 5.41) is 6.75. The maximum absolute atomic E-state index is 12.3. The quantitative estimate of drug-likeness (QED) is 0.847. The Balaban J connectivity index is 1.65. The van der Waals surface area contributed by atoms with Gasteiger partial charge in [-0.15, -0.1) is 0 Å². The SMILES string of the molecule is COC(=O)c1ccc(NC(=O)C2=NOC(c3ccccc3)C2)cc1Cl. The Morgan fingerprint density at radius 2 is 2.00 bits per heavy atom. The lowest BCUT2D eigenvalue weighted by Crippen LogP contribution is -2.22. The molecule has 1 N–H and O–H groups in total. The van der Waals surface area contributed by atoms with Gasteiger partial charge in [-0.1, -0.05) is 47.1 Å².